The molecule has 156 valence electrons. The molecule has 0 aliphatic heterocycles. The monoisotopic (exact) mass is 406 g/mol. The maximum atomic E-state index is 12.3. The zero-order chi connectivity index (χ0) is 21.5. The minimum absolute atomic E-state index is 0.000793. The number of hydrogen-bond acceptors (Lipinski definition) is 3. The first-order valence-corrected chi connectivity index (χ1v) is 9.97. The van der Waals surface area contributed by atoms with Crippen LogP contribution in [0.15, 0.2) is 54.6 Å². The van der Waals surface area contributed by atoms with E-state index in [0.29, 0.717) is 23.0 Å². The number of urea groups is 1. The number of rotatable bonds is 7. The normalized spacial score (nSPS) is 13.2. The molecule has 4 N–H and O–H groups in total. The van der Waals surface area contributed by atoms with E-state index >= 15 is 0 Å². The second kappa shape index (κ2) is 9.73. The molecule has 0 bridgehead atoms. The molecule has 2 aromatic carbocycles. The van der Waals surface area contributed by atoms with Crippen molar-refractivity contribution in [2.24, 2.45) is 0 Å². The van der Waals surface area contributed by atoms with Crippen LogP contribution in [0.25, 0.3) is 6.08 Å². The summed E-state index contributed by atoms with van der Waals surface area (Å²) < 4.78 is 0. The van der Waals surface area contributed by atoms with E-state index in [0.717, 1.165) is 18.4 Å². The first kappa shape index (κ1) is 21.1. The number of nitrogens with one attached hydrogen (secondary N) is 4. The van der Waals surface area contributed by atoms with Gasteiger partial charge in [-0.2, -0.15) is 0 Å². The largest absolute Gasteiger partial charge is 0.349 e. The molecule has 0 radical (unpaired) electrons. The summed E-state index contributed by atoms with van der Waals surface area (Å²) >= 11 is 0. The molecule has 0 atom stereocenters. The third-order valence-electron chi connectivity index (χ3n) is 4.37. The van der Waals surface area contributed by atoms with Gasteiger partial charge in [0.2, 0.25) is 5.91 Å². The minimum Gasteiger partial charge on any atom is -0.349 e. The number of para-hydroxylation sites is 2. The van der Waals surface area contributed by atoms with E-state index in [1.165, 1.54) is 6.08 Å². The van der Waals surface area contributed by atoms with Crippen molar-refractivity contribution in [1.82, 2.24) is 10.6 Å². The Kier molecular flexibility index (Phi) is 6.85. The Morgan fingerprint density at radius 1 is 0.933 bits per heavy atom. The zero-order valence-corrected chi connectivity index (χ0v) is 17.1. The molecule has 7 heteroatoms. The molecule has 1 fully saturated rings. The van der Waals surface area contributed by atoms with Gasteiger partial charge in [-0.25, -0.2) is 4.79 Å². The maximum absolute atomic E-state index is 12.3. The third kappa shape index (κ3) is 6.48. The average molecular weight is 406 g/mol. The summed E-state index contributed by atoms with van der Waals surface area (Å²) in [5.41, 5.74) is 2.40. The van der Waals surface area contributed by atoms with Crippen LogP contribution < -0.4 is 21.3 Å². The Hall–Kier alpha value is -3.61. The molecule has 30 heavy (non-hydrogen) atoms. The van der Waals surface area contributed by atoms with Crippen molar-refractivity contribution in [2.45, 2.75) is 38.8 Å². The molecule has 2 aromatic rings. The van der Waals surface area contributed by atoms with E-state index in [-0.39, 0.29) is 23.9 Å². The lowest BCUT2D eigenvalue weighted by atomic mass is 10.1. The van der Waals surface area contributed by atoms with Gasteiger partial charge >= 0.3 is 6.03 Å². The average Bonchev–Trinajstić information content (AvgIpc) is 3.51. The fourth-order valence-corrected chi connectivity index (χ4v) is 2.71. The van der Waals surface area contributed by atoms with Crippen LogP contribution in [-0.2, 0) is 4.79 Å². The van der Waals surface area contributed by atoms with Gasteiger partial charge in [0.05, 0.1) is 11.4 Å². The highest BCUT2D eigenvalue weighted by Crippen LogP contribution is 2.21. The predicted octanol–water partition coefficient (Wildman–Crippen LogP) is 3.76. The Morgan fingerprint density at radius 3 is 2.17 bits per heavy atom. The first-order valence-electron chi connectivity index (χ1n) is 9.97. The second-order valence-electron chi connectivity index (χ2n) is 7.49. The van der Waals surface area contributed by atoms with E-state index in [9.17, 15) is 14.4 Å². The molecule has 1 saturated carbocycles. The van der Waals surface area contributed by atoms with Crippen molar-refractivity contribution in [3.05, 3.63) is 65.7 Å². The van der Waals surface area contributed by atoms with Gasteiger partial charge < -0.3 is 21.3 Å². The lowest BCUT2D eigenvalue weighted by Gasteiger charge is -2.13. The lowest BCUT2D eigenvalue weighted by molar-refractivity contribution is -0.111. The Bertz CT molecular complexity index is 947. The van der Waals surface area contributed by atoms with Crippen LogP contribution in [0.5, 0.6) is 0 Å². The molecular weight excluding hydrogens is 380 g/mol. The second-order valence-corrected chi connectivity index (χ2v) is 7.49. The summed E-state index contributed by atoms with van der Waals surface area (Å²) in [6.45, 7) is 3.73. The molecule has 0 spiro atoms. The van der Waals surface area contributed by atoms with Gasteiger partial charge in [0, 0.05) is 23.7 Å². The summed E-state index contributed by atoms with van der Waals surface area (Å²) in [6, 6.07) is 14.0. The number of carbonyl (C=O) groups is 3. The van der Waals surface area contributed by atoms with E-state index < -0.39 is 0 Å². The molecule has 1 aliphatic rings. The van der Waals surface area contributed by atoms with Gasteiger partial charge in [-0.15, -0.1) is 0 Å². The van der Waals surface area contributed by atoms with Crippen LogP contribution in [0.2, 0.25) is 0 Å². The smallest absolute Gasteiger partial charge is 0.319 e. The third-order valence-corrected chi connectivity index (χ3v) is 4.37. The fraction of sp³-hybridized carbons (Fsp3) is 0.261. The molecule has 7 nitrogen and oxygen atoms in total. The highest BCUT2D eigenvalue weighted by molar-refractivity contribution is 6.05. The summed E-state index contributed by atoms with van der Waals surface area (Å²) in [5.74, 6) is -0.402. The summed E-state index contributed by atoms with van der Waals surface area (Å²) in [4.78, 5) is 36.3. The van der Waals surface area contributed by atoms with Crippen LogP contribution in [0.4, 0.5) is 16.2 Å². The predicted molar refractivity (Wildman–Crippen MR) is 118 cm³/mol. The van der Waals surface area contributed by atoms with Crippen LogP contribution in [-0.4, -0.2) is 29.9 Å². The first-order chi connectivity index (χ1) is 14.4. The zero-order valence-electron chi connectivity index (χ0n) is 17.1. The van der Waals surface area contributed by atoms with Gasteiger partial charge in [0.15, 0.2) is 0 Å². The summed E-state index contributed by atoms with van der Waals surface area (Å²) in [7, 11) is 0. The van der Waals surface area contributed by atoms with Gasteiger partial charge in [-0.1, -0.05) is 24.3 Å². The Morgan fingerprint density at radius 2 is 1.57 bits per heavy atom. The quantitative estimate of drug-likeness (QED) is 0.527. The van der Waals surface area contributed by atoms with Gasteiger partial charge in [0.25, 0.3) is 5.91 Å². The molecular formula is C23H26N4O3. The summed E-state index contributed by atoms with van der Waals surface area (Å²) in [5, 5.41) is 11.2. The SMILES string of the molecule is CC(C)NC(=O)Nc1ccccc1NC(=O)C=Cc1ccc(C(=O)NC2CC2)cc1. The van der Waals surface area contributed by atoms with Gasteiger partial charge in [-0.3, -0.25) is 9.59 Å². The van der Waals surface area contributed by atoms with Crippen molar-refractivity contribution in [3.8, 4) is 0 Å². The molecule has 1 aliphatic carbocycles. The minimum atomic E-state index is -0.340. The van der Waals surface area contributed by atoms with E-state index in [1.807, 2.05) is 13.8 Å². The molecule has 0 heterocycles. The summed E-state index contributed by atoms with van der Waals surface area (Å²) in [6.07, 6.45) is 5.16. The van der Waals surface area contributed by atoms with Crippen LogP contribution in [0.1, 0.15) is 42.6 Å². The number of carbonyl (C=O) groups excluding carboxylic acids is 3. The fourth-order valence-electron chi connectivity index (χ4n) is 2.71. The van der Waals surface area contributed by atoms with E-state index in [2.05, 4.69) is 21.3 Å². The number of hydrogen-bond donors (Lipinski definition) is 4. The number of benzene rings is 2. The van der Waals surface area contributed by atoms with Crippen molar-refractivity contribution in [2.75, 3.05) is 10.6 Å². The van der Waals surface area contributed by atoms with Crippen molar-refractivity contribution in [3.63, 3.8) is 0 Å². The van der Waals surface area contributed by atoms with Crippen LogP contribution >= 0.6 is 0 Å². The van der Waals surface area contributed by atoms with Gasteiger partial charge in [-0.05, 0) is 62.6 Å². The van der Waals surface area contributed by atoms with Crippen molar-refractivity contribution >= 4 is 35.3 Å². The van der Waals surface area contributed by atoms with E-state index in [4.69, 9.17) is 0 Å². The highest BCUT2D eigenvalue weighted by Gasteiger charge is 2.23. The Balaban J connectivity index is 1.58. The Labute approximate surface area is 175 Å². The van der Waals surface area contributed by atoms with E-state index in [1.54, 1.807) is 54.6 Å². The topological polar surface area (TPSA) is 99.3 Å². The molecule has 3 rings (SSSR count). The van der Waals surface area contributed by atoms with Crippen molar-refractivity contribution in [1.29, 1.82) is 0 Å². The van der Waals surface area contributed by atoms with Crippen LogP contribution in [0, 0.1) is 0 Å². The van der Waals surface area contributed by atoms with Crippen molar-refractivity contribution < 1.29 is 14.4 Å². The lowest BCUT2D eigenvalue weighted by Crippen LogP contribution is -2.34. The molecule has 0 unspecified atom stereocenters. The van der Waals surface area contributed by atoms with Gasteiger partial charge in [0.1, 0.15) is 0 Å². The number of anilines is 2. The maximum Gasteiger partial charge on any atom is 0.319 e. The van der Waals surface area contributed by atoms with Crippen LogP contribution in [0.3, 0.4) is 0 Å². The molecule has 4 amide bonds. The molecule has 0 saturated heterocycles. The molecule has 0 aromatic heterocycles. The number of amides is 4. The highest BCUT2D eigenvalue weighted by atomic mass is 16.2. The standard InChI is InChI=1S/C23H26N4O3/c1-15(2)24-23(30)27-20-6-4-3-5-19(20)26-21(28)14-9-16-7-10-17(11-8-16)22(29)25-18-12-13-18/h3-11,14-15,18H,12-13H2,1-2H3,(H,25,29)(H,26,28)(H2,24,27,30).